The number of nitrogens with one attached hydrogen (secondary N) is 1. The van der Waals surface area contributed by atoms with E-state index in [4.69, 9.17) is 4.74 Å². The van der Waals surface area contributed by atoms with Gasteiger partial charge in [0.2, 0.25) is 10.0 Å². The molecule has 156 valence electrons. The van der Waals surface area contributed by atoms with Crippen LogP contribution in [0.1, 0.15) is 35.7 Å². The Morgan fingerprint density at radius 2 is 1.83 bits per heavy atom. The number of rotatable bonds is 7. The Kier molecular flexibility index (Phi) is 6.92. The van der Waals surface area contributed by atoms with E-state index in [-0.39, 0.29) is 16.4 Å². The third-order valence-electron chi connectivity index (χ3n) is 5.34. The molecule has 0 atom stereocenters. The number of piperidine rings is 1. The molecule has 0 aliphatic carbocycles. The van der Waals surface area contributed by atoms with E-state index < -0.39 is 10.0 Å². The van der Waals surface area contributed by atoms with Crippen LogP contribution in [0.2, 0.25) is 0 Å². The second-order valence-electron chi connectivity index (χ2n) is 7.44. The smallest absolute Gasteiger partial charge is 0.255 e. The molecule has 0 aromatic heterocycles. The van der Waals surface area contributed by atoms with E-state index in [9.17, 15) is 13.2 Å². The van der Waals surface area contributed by atoms with Gasteiger partial charge >= 0.3 is 0 Å². The lowest BCUT2D eigenvalue weighted by Crippen LogP contribution is -2.38. The van der Waals surface area contributed by atoms with E-state index in [1.165, 1.54) is 23.5 Å². The second kappa shape index (κ2) is 9.41. The van der Waals surface area contributed by atoms with Crippen molar-refractivity contribution in [3.05, 3.63) is 59.7 Å². The number of benzene rings is 2. The average Bonchev–Trinajstić information content (AvgIpc) is 2.74. The topological polar surface area (TPSA) is 75.7 Å². The first-order valence-electron chi connectivity index (χ1n) is 9.92. The molecule has 0 spiro atoms. The third-order valence-corrected chi connectivity index (χ3v) is 7.23. The molecule has 1 amide bonds. The molecule has 3 rings (SSSR count). The SMILES string of the molecule is COc1ccc(S(=O)(=O)N2CCC(C)CC2)cc1C(=O)NCCc1ccccc1. The van der Waals surface area contributed by atoms with Crippen LogP contribution < -0.4 is 10.1 Å². The van der Waals surface area contributed by atoms with E-state index >= 15 is 0 Å². The molecule has 1 fully saturated rings. The first-order chi connectivity index (χ1) is 13.9. The van der Waals surface area contributed by atoms with Crippen molar-refractivity contribution in [2.45, 2.75) is 31.1 Å². The lowest BCUT2D eigenvalue weighted by molar-refractivity contribution is 0.0951. The summed E-state index contributed by atoms with van der Waals surface area (Å²) >= 11 is 0. The maximum absolute atomic E-state index is 13.0. The van der Waals surface area contributed by atoms with Gasteiger partial charge in [-0.3, -0.25) is 4.79 Å². The molecule has 2 aromatic carbocycles. The van der Waals surface area contributed by atoms with Crippen LogP contribution in [0.3, 0.4) is 0 Å². The van der Waals surface area contributed by atoms with Crippen LogP contribution in [0.5, 0.6) is 5.75 Å². The highest BCUT2D eigenvalue weighted by Gasteiger charge is 2.29. The molecule has 0 radical (unpaired) electrons. The maximum Gasteiger partial charge on any atom is 0.255 e. The standard InChI is InChI=1S/C22H28N2O4S/c1-17-11-14-24(15-12-17)29(26,27)19-8-9-21(28-2)20(16-19)22(25)23-13-10-18-6-4-3-5-7-18/h3-9,16-17H,10-15H2,1-2H3,(H,23,25). The van der Waals surface area contributed by atoms with Crippen LogP contribution in [0.4, 0.5) is 0 Å². The first kappa shape index (κ1) is 21.3. The van der Waals surface area contributed by atoms with E-state index in [0.717, 1.165) is 18.4 Å². The van der Waals surface area contributed by atoms with Crippen molar-refractivity contribution in [2.75, 3.05) is 26.7 Å². The van der Waals surface area contributed by atoms with Gasteiger partial charge in [-0.05, 0) is 48.9 Å². The summed E-state index contributed by atoms with van der Waals surface area (Å²) in [5, 5.41) is 2.86. The van der Waals surface area contributed by atoms with Crippen LogP contribution in [0.25, 0.3) is 0 Å². The van der Waals surface area contributed by atoms with Crippen molar-refractivity contribution in [3.8, 4) is 5.75 Å². The quantitative estimate of drug-likeness (QED) is 0.753. The van der Waals surface area contributed by atoms with Gasteiger partial charge in [0, 0.05) is 19.6 Å². The molecule has 1 heterocycles. The molecule has 0 unspecified atom stereocenters. The molecule has 0 bridgehead atoms. The van der Waals surface area contributed by atoms with Crippen molar-refractivity contribution < 1.29 is 17.9 Å². The Hall–Kier alpha value is -2.38. The van der Waals surface area contributed by atoms with Gasteiger partial charge in [0.05, 0.1) is 17.6 Å². The number of hydrogen-bond acceptors (Lipinski definition) is 4. The lowest BCUT2D eigenvalue weighted by atomic mass is 10.0. The van der Waals surface area contributed by atoms with Gasteiger partial charge in [0.25, 0.3) is 5.91 Å². The highest BCUT2D eigenvalue weighted by molar-refractivity contribution is 7.89. The zero-order chi connectivity index (χ0) is 20.9. The molecule has 1 aliphatic rings. The van der Waals surface area contributed by atoms with Crippen LogP contribution in [0.15, 0.2) is 53.4 Å². The molecular weight excluding hydrogens is 388 g/mol. The van der Waals surface area contributed by atoms with Gasteiger partial charge in [-0.25, -0.2) is 8.42 Å². The van der Waals surface area contributed by atoms with Gasteiger partial charge in [-0.1, -0.05) is 37.3 Å². The molecule has 7 heteroatoms. The Balaban J connectivity index is 1.75. The minimum Gasteiger partial charge on any atom is -0.496 e. The number of nitrogens with zero attached hydrogens (tertiary/aromatic N) is 1. The van der Waals surface area contributed by atoms with Crippen molar-refractivity contribution in [2.24, 2.45) is 5.92 Å². The number of carbonyl (C=O) groups is 1. The predicted octanol–water partition coefficient (Wildman–Crippen LogP) is 3.09. The van der Waals surface area contributed by atoms with Gasteiger partial charge in [0.1, 0.15) is 5.75 Å². The van der Waals surface area contributed by atoms with Crippen molar-refractivity contribution >= 4 is 15.9 Å². The summed E-state index contributed by atoms with van der Waals surface area (Å²) in [4.78, 5) is 12.8. The van der Waals surface area contributed by atoms with Crippen LogP contribution in [-0.4, -0.2) is 45.4 Å². The normalized spacial score (nSPS) is 15.8. The molecule has 2 aromatic rings. The molecule has 1 saturated heterocycles. The molecular formula is C22H28N2O4S. The second-order valence-corrected chi connectivity index (χ2v) is 9.38. The number of carbonyl (C=O) groups excluding carboxylic acids is 1. The summed E-state index contributed by atoms with van der Waals surface area (Å²) in [5.74, 6) is 0.541. The zero-order valence-electron chi connectivity index (χ0n) is 16.9. The monoisotopic (exact) mass is 416 g/mol. The van der Waals surface area contributed by atoms with Crippen LogP contribution in [0, 0.1) is 5.92 Å². The molecule has 1 aliphatic heterocycles. The number of ether oxygens (including phenoxy) is 1. The number of methoxy groups -OCH3 is 1. The Labute approximate surface area is 172 Å². The minimum absolute atomic E-state index is 0.126. The van der Waals surface area contributed by atoms with E-state index in [1.807, 2.05) is 30.3 Å². The zero-order valence-corrected chi connectivity index (χ0v) is 17.7. The first-order valence-corrected chi connectivity index (χ1v) is 11.4. The fraction of sp³-hybridized carbons (Fsp3) is 0.409. The minimum atomic E-state index is -3.63. The Morgan fingerprint density at radius 1 is 1.14 bits per heavy atom. The fourth-order valence-corrected chi connectivity index (χ4v) is 4.96. The predicted molar refractivity (Wildman–Crippen MR) is 113 cm³/mol. The number of sulfonamides is 1. The highest BCUT2D eigenvalue weighted by Crippen LogP contribution is 2.27. The highest BCUT2D eigenvalue weighted by atomic mass is 32.2. The van der Waals surface area contributed by atoms with Gasteiger partial charge < -0.3 is 10.1 Å². The fourth-order valence-electron chi connectivity index (χ4n) is 3.46. The van der Waals surface area contributed by atoms with E-state index in [0.29, 0.717) is 37.7 Å². The van der Waals surface area contributed by atoms with Gasteiger partial charge in [0.15, 0.2) is 0 Å². The molecule has 29 heavy (non-hydrogen) atoms. The van der Waals surface area contributed by atoms with Gasteiger partial charge in [-0.15, -0.1) is 0 Å². The van der Waals surface area contributed by atoms with E-state index in [1.54, 1.807) is 6.07 Å². The molecule has 0 saturated carbocycles. The van der Waals surface area contributed by atoms with Crippen molar-refractivity contribution in [1.29, 1.82) is 0 Å². The summed E-state index contributed by atoms with van der Waals surface area (Å²) < 4.78 is 32.8. The molecule has 1 N–H and O–H groups in total. The Morgan fingerprint density at radius 3 is 2.48 bits per heavy atom. The van der Waals surface area contributed by atoms with Crippen LogP contribution in [-0.2, 0) is 16.4 Å². The molecule has 6 nitrogen and oxygen atoms in total. The van der Waals surface area contributed by atoms with Crippen molar-refractivity contribution in [1.82, 2.24) is 9.62 Å². The third kappa shape index (κ3) is 5.16. The lowest BCUT2D eigenvalue weighted by Gasteiger charge is -2.29. The summed E-state index contributed by atoms with van der Waals surface area (Å²) in [5.41, 5.74) is 1.35. The summed E-state index contributed by atoms with van der Waals surface area (Å²) in [6, 6.07) is 14.3. The van der Waals surface area contributed by atoms with Crippen molar-refractivity contribution in [3.63, 3.8) is 0 Å². The summed E-state index contributed by atoms with van der Waals surface area (Å²) in [7, 11) is -2.16. The Bertz CT molecular complexity index is 937. The average molecular weight is 417 g/mol. The van der Waals surface area contributed by atoms with E-state index in [2.05, 4.69) is 12.2 Å². The number of amides is 1. The van der Waals surface area contributed by atoms with Crippen LogP contribution >= 0.6 is 0 Å². The number of hydrogen-bond donors (Lipinski definition) is 1. The van der Waals surface area contributed by atoms with Gasteiger partial charge in [-0.2, -0.15) is 4.31 Å². The summed E-state index contributed by atoms with van der Waals surface area (Å²) in [6.45, 7) is 3.60. The largest absolute Gasteiger partial charge is 0.496 e. The maximum atomic E-state index is 13.0. The summed E-state index contributed by atoms with van der Waals surface area (Å²) in [6.07, 6.45) is 2.39.